The minimum atomic E-state index is -5.15. The first-order chi connectivity index (χ1) is 47.4. The zero-order valence-corrected chi connectivity index (χ0v) is 60.1. The van der Waals surface area contributed by atoms with Crippen LogP contribution in [0.2, 0.25) is 0 Å². The Kier molecular flexibility index (Phi) is 28.9. The first-order valence-corrected chi connectivity index (χ1v) is 33.8. The summed E-state index contributed by atoms with van der Waals surface area (Å²) in [6, 6.07) is 37.0. The summed E-state index contributed by atoms with van der Waals surface area (Å²) in [7, 11) is 6.76. The zero-order chi connectivity index (χ0) is 70.7. The van der Waals surface area contributed by atoms with Crippen LogP contribution in [0, 0.1) is 5.82 Å². The number of likely N-dealkylation sites (N-methyl/N-ethyl adjacent to an activating group) is 2. The highest BCUT2D eigenvalue weighted by atomic mass is 35.5. The molecule has 0 aromatic heterocycles. The van der Waals surface area contributed by atoms with Gasteiger partial charge in [-0.1, -0.05) is 91.3 Å². The zero-order valence-electron chi connectivity index (χ0n) is 57.6. The third-order valence-corrected chi connectivity index (χ3v) is 20.1. The van der Waals surface area contributed by atoms with E-state index in [4.69, 9.17) is 14.2 Å². The van der Waals surface area contributed by atoms with E-state index in [9.17, 15) is 59.8 Å². The van der Waals surface area contributed by atoms with Crippen molar-refractivity contribution in [3.63, 3.8) is 0 Å². The van der Waals surface area contributed by atoms with E-state index in [1.807, 2.05) is 79.8 Å². The number of alkyl halides is 6. The molecule has 3 fully saturated rings. The number of likely N-dealkylation sites (tertiary alicyclic amines) is 2. The third-order valence-electron chi connectivity index (χ3n) is 20.1. The average Bonchev–Trinajstić information content (AvgIpc) is 1.57. The van der Waals surface area contributed by atoms with Crippen molar-refractivity contribution in [2.24, 2.45) is 0 Å². The van der Waals surface area contributed by atoms with Crippen molar-refractivity contribution in [3.05, 3.63) is 184 Å². The Hall–Kier alpha value is -7.71. The number of amides is 5. The molecule has 102 heavy (non-hydrogen) atoms. The molecule has 3 aliphatic heterocycles. The standard InChI is InChI=1S/C75H87F7N8O9.3ClH/c1-84(35-15-36-86(3)70(94)62-28-27-59(48-65(62)97-4)83-34-14-6-9-22-67(91)85(2)42-43-87-37-29-60(30-38-87)90(71(95)96)64-21-13-11-19-61(64)52-16-7-5-8-17-52)68(92)49-98-66-46-53-18-10-12-20-63(53)72(66)31-39-88(40-32-72)41-33-73(55-23-25-58(76)26-24-55)50-89(51-99-73)69(93)54-44-56(74(77,78)79)47-57(45-54)75(80,81)82;;;/h5,7-8,10-13,16-21,23-28,44-45,47-48,60,66,83H,6,9,14-15,22,29-43,46,49-51H2,1-4H3,(H,95,96);3*1H/t66-,73+;;;/m0.../s1. The number of para-hydroxylation sites is 1. The molecule has 5 amide bonds. The van der Waals surface area contributed by atoms with Gasteiger partial charge in [0.1, 0.15) is 30.5 Å². The quantitative estimate of drug-likeness (QED) is 0.0370. The van der Waals surface area contributed by atoms with E-state index >= 15 is 0 Å². The summed E-state index contributed by atoms with van der Waals surface area (Å²) in [6.45, 7) is 4.94. The van der Waals surface area contributed by atoms with Crippen LogP contribution in [0.3, 0.4) is 0 Å². The molecule has 0 bridgehead atoms. The van der Waals surface area contributed by atoms with Gasteiger partial charge in [-0.15, -0.1) is 37.2 Å². The van der Waals surface area contributed by atoms with Crippen molar-refractivity contribution in [1.29, 1.82) is 0 Å². The van der Waals surface area contributed by atoms with E-state index in [1.165, 1.54) is 36.3 Å². The number of ether oxygens (including phenoxy) is 3. The predicted octanol–water partition coefficient (Wildman–Crippen LogP) is 14.2. The fourth-order valence-electron chi connectivity index (χ4n) is 14.4. The van der Waals surface area contributed by atoms with Crippen LogP contribution in [0.5, 0.6) is 5.75 Å². The van der Waals surface area contributed by atoms with Crippen molar-refractivity contribution in [3.8, 4) is 16.9 Å². The molecule has 3 saturated heterocycles. The molecule has 1 spiro atoms. The summed E-state index contributed by atoms with van der Waals surface area (Å²) in [5.41, 5.74) is 0.777. The van der Waals surface area contributed by atoms with Gasteiger partial charge in [-0.25, -0.2) is 9.18 Å². The van der Waals surface area contributed by atoms with Crippen molar-refractivity contribution < 1.29 is 74.0 Å². The number of halogens is 10. The minimum absolute atomic E-state index is 0. The molecule has 6 aromatic rings. The molecule has 2 atom stereocenters. The number of unbranched alkanes of at least 4 members (excludes halogenated alkanes) is 2. The number of methoxy groups -OCH3 is 1. The number of carbonyl (C=O) groups is 5. The minimum Gasteiger partial charge on any atom is -0.496 e. The van der Waals surface area contributed by atoms with Gasteiger partial charge in [0.25, 0.3) is 11.8 Å². The van der Waals surface area contributed by atoms with Gasteiger partial charge in [-0.05, 0) is 142 Å². The summed E-state index contributed by atoms with van der Waals surface area (Å²) in [5, 5.41) is 13.8. The van der Waals surface area contributed by atoms with Crippen LogP contribution >= 0.6 is 37.2 Å². The molecule has 3 heterocycles. The van der Waals surface area contributed by atoms with E-state index in [0.717, 1.165) is 65.2 Å². The van der Waals surface area contributed by atoms with Gasteiger partial charge < -0.3 is 54.0 Å². The van der Waals surface area contributed by atoms with Gasteiger partial charge in [0.05, 0.1) is 42.1 Å². The Balaban J connectivity index is 0.00000486. The maximum Gasteiger partial charge on any atom is 0.416 e. The van der Waals surface area contributed by atoms with Crippen LogP contribution in [-0.2, 0) is 48.9 Å². The number of nitrogens with zero attached hydrogens (tertiary/aromatic N) is 7. The lowest BCUT2D eigenvalue weighted by molar-refractivity contribution is -0.143. The van der Waals surface area contributed by atoms with Crippen molar-refractivity contribution in [2.45, 2.75) is 106 Å². The van der Waals surface area contributed by atoms with Gasteiger partial charge in [-0.3, -0.25) is 24.1 Å². The molecule has 27 heteroatoms. The molecule has 1 aliphatic carbocycles. The second-order valence-electron chi connectivity index (χ2n) is 26.5. The number of carbonyl (C=O) groups excluding carboxylic acids is 4. The Morgan fingerprint density at radius 2 is 1.30 bits per heavy atom. The first-order valence-electron chi connectivity index (χ1n) is 33.8. The number of anilines is 2. The monoisotopic (exact) mass is 1480 g/mol. The largest absolute Gasteiger partial charge is 0.496 e. The number of carboxylic acid groups (broad SMARTS) is 1. The normalized spacial score (nSPS) is 17.5. The maximum absolute atomic E-state index is 14.3. The smallest absolute Gasteiger partial charge is 0.416 e. The summed E-state index contributed by atoms with van der Waals surface area (Å²) in [6.07, 6.45) is -4.70. The number of benzene rings is 6. The number of rotatable bonds is 27. The van der Waals surface area contributed by atoms with Gasteiger partial charge in [-0.2, -0.15) is 26.3 Å². The highest BCUT2D eigenvalue weighted by molar-refractivity contribution is 5.98. The Morgan fingerprint density at radius 1 is 0.676 bits per heavy atom. The van der Waals surface area contributed by atoms with Crippen LogP contribution in [-0.4, -0.2) is 190 Å². The van der Waals surface area contributed by atoms with Crippen molar-refractivity contribution in [2.75, 3.05) is 124 Å². The Morgan fingerprint density at radius 3 is 1.97 bits per heavy atom. The van der Waals surface area contributed by atoms with Crippen LogP contribution in [0.25, 0.3) is 11.1 Å². The first kappa shape index (κ1) is 81.6. The molecule has 10 rings (SSSR count). The maximum atomic E-state index is 14.3. The summed E-state index contributed by atoms with van der Waals surface area (Å²) >= 11 is 0. The summed E-state index contributed by atoms with van der Waals surface area (Å²) in [4.78, 5) is 79.1. The average molecular weight is 1490 g/mol. The molecule has 0 unspecified atom stereocenters. The SMILES string of the molecule is COc1cc(NCCCCCC(=O)N(C)CCN2CCC(N(C(=O)O)c3ccccc3-c3ccccc3)CC2)ccc1C(=O)N(C)CCCN(C)C(=O)CO[C@H]1Cc2ccccc2C12CCN(CC[C@]1(c3ccc(F)cc3)CN(C(=O)c3cc(C(F)(F)F)cc(C(F)(F)F)c3)CO1)CC2.Cl.Cl.Cl. The molecule has 0 saturated carbocycles. The van der Waals surface area contributed by atoms with Crippen LogP contribution in [0.4, 0.5) is 46.9 Å². The van der Waals surface area contributed by atoms with E-state index in [0.29, 0.717) is 132 Å². The number of fused-ring (bicyclic) bond motifs is 2. The number of piperidine rings is 2. The Bertz CT molecular complexity index is 3760. The second-order valence-corrected chi connectivity index (χ2v) is 26.5. The highest BCUT2D eigenvalue weighted by Gasteiger charge is 2.50. The van der Waals surface area contributed by atoms with Gasteiger partial charge >= 0.3 is 18.4 Å². The fraction of sp³-hybridized carbons (Fsp3) is 0.453. The van der Waals surface area contributed by atoms with E-state index in [2.05, 4.69) is 27.2 Å². The summed E-state index contributed by atoms with van der Waals surface area (Å²) in [5.74, 6) is -1.56. The molecule has 0 radical (unpaired) electrons. The molecule has 554 valence electrons. The molecule has 17 nitrogen and oxygen atoms in total. The lowest BCUT2D eigenvalue weighted by Crippen LogP contribution is -2.50. The second kappa shape index (κ2) is 36.1. The topological polar surface area (TPSA) is 168 Å². The number of hydrogen-bond acceptors (Lipinski definition) is 11. The highest BCUT2D eigenvalue weighted by Crippen LogP contribution is 2.49. The van der Waals surface area contributed by atoms with Crippen LogP contribution in [0.15, 0.2) is 140 Å². The lowest BCUT2D eigenvalue weighted by Gasteiger charge is -2.44. The van der Waals surface area contributed by atoms with E-state index < -0.39 is 64.6 Å². The molecular formula is C75H90Cl3F7N8O9. The molecule has 2 N–H and O–H groups in total. The number of hydrogen-bond donors (Lipinski definition) is 2. The van der Waals surface area contributed by atoms with Crippen LogP contribution in [0.1, 0.15) is 113 Å². The van der Waals surface area contributed by atoms with Gasteiger partial charge in [0.15, 0.2) is 0 Å². The number of nitrogens with one attached hydrogen (secondary N) is 1. The van der Waals surface area contributed by atoms with E-state index in [-0.39, 0.29) is 92.7 Å². The Labute approximate surface area is 609 Å². The van der Waals surface area contributed by atoms with E-state index in [1.54, 1.807) is 40.9 Å². The molecular weight excluding hydrogens is 1400 g/mol. The van der Waals surface area contributed by atoms with Crippen molar-refractivity contribution in [1.82, 2.24) is 29.4 Å². The van der Waals surface area contributed by atoms with Gasteiger partial charge in [0.2, 0.25) is 11.8 Å². The third kappa shape index (κ3) is 19.8. The van der Waals surface area contributed by atoms with Crippen LogP contribution < -0.4 is 15.0 Å². The van der Waals surface area contributed by atoms with Gasteiger partial charge in [0, 0.05) is 114 Å². The summed E-state index contributed by atoms with van der Waals surface area (Å²) < 4.78 is 116. The van der Waals surface area contributed by atoms with Crippen molar-refractivity contribution >= 4 is 78.3 Å². The fourth-order valence-corrected chi connectivity index (χ4v) is 14.4. The molecule has 4 aliphatic rings. The lowest BCUT2D eigenvalue weighted by atomic mass is 9.72. The molecule has 6 aromatic carbocycles. The predicted molar refractivity (Wildman–Crippen MR) is 384 cm³/mol.